The van der Waals surface area contributed by atoms with Crippen LogP contribution in [-0.2, 0) is 25.1 Å². The topological polar surface area (TPSA) is 60.4 Å². The second kappa shape index (κ2) is 6.98. The van der Waals surface area contributed by atoms with E-state index in [0.717, 1.165) is 11.1 Å². The molecule has 5 heteroatoms. The van der Waals surface area contributed by atoms with Crippen molar-refractivity contribution in [2.75, 3.05) is 12.4 Å². The molecular weight excluding hydrogens is 288 g/mol. The van der Waals surface area contributed by atoms with E-state index < -0.39 is 22.2 Å². The van der Waals surface area contributed by atoms with Crippen LogP contribution in [0, 0.1) is 19.3 Å². The molecule has 0 N–H and O–H groups in total. The zero-order chi connectivity index (χ0) is 16.2. The molecule has 0 radical (unpaired) electrons. The molecule has 0 aliphatic rings. The van der Waals surface area contributed by atoms with Crippen LogP contribution in [0.15, 0.2) is 23.1 Å². The van der Waals surface area contributed by atoms with Crippen molar-refractivity contribution in [3.63, 3.8) is 0 Å². The molecule has 0 aromatic heterocycles. The van der Waals surface area contributed by atoms with Gasteiger partial charge in [0.1, 0.15) is 5.41 Å². The molecule has 0 saturated carbocycles. The smallest absolute Gasteiger partial charge is 0.319 e. The van der Waals surface area contributed by atoms with E-state index in [0.29, 0.717) is 4.90 Å². The Hall–Kier alpha value is -1.49. The standard InChI is InChI=1S/C16H22O4S/c1-6-20-15(18)16(4,5)14(17)10-21(19)13-9-11(2)7-8-12(13)3/h7-9H,6,10H2,1-5H3. The van der Waals surface area contributed by atoms with Crippen LogP contribution >= 0.6 is 0 Å². The molecule has 0 aliphatic heterocycles. The minimum absolute atomic E-state index is 0.184. The molecule has 0 spiro atoms. The Morgan fingerprint density at radius 1 is 1.24 bits per heavy atom. The largest absolute Gasteiger partial charge is 0.465 e. The van der Waals surface area contributed by atoms with Crippen LogP contribution in [0.4, 0.5) is 0 Å². The fourth-order valence-electron chi connectivity index (χ4n) is 1.76. The molecule has 0 fully saturated rings. The van der Waals surface area contributed by atoms with Gasteiger partial charge in [-0.1, -0.05) is 12.1 Å². The summed E-state index contributed by atoms with van der Waals surface area (Å²) in [6.45, 7) is 8.68. The summed E-state index contributed by atoms with van der Waals surface area (Å²) in [6.07, 6.45) is 0. The maximum atomic E-state index is 12.4. The van der Waals surface area contributed by atoms with E-state index in [-0.39, 0.29) is 18.1 Å². The number of ether oxygens (including phenoxy) is 1. The van der Waals surface area contributed by atoms with Crippen LogP contribution in [0.1, 0.15) is 31.9 Å². The Labute approximate surface area is 128 Å². The molecular formula is C16H22O4S. The third-order valence-electron chi connectivity index (χ3n) is 3.33. The lowest BCUT2D eigenvalue weighted by atomic mass is 9.89. The third kappa shape index (κ3) is 4.24. The fraction of sp³-hybridized carbons (Fsp3) is 0.500. The number of esters is 1. The van der Waals surface area contributed by atoms with Crippen LogP contribution in [0.25, 0.3) is 0 Å². The van der Waals surface area contributed by atoms with Crippen LogP contribution in [0.5, 0.6) is 0 Å². The first-order valence-electron chi connectivity index (χ1n) is 6.86. The first kappa shape index (κ1) is 17.6. The van der Waals surface area contributed by atoms with Gasteiger partial charge in [0.2, 0.25) is 0 Å². The average molecular weight is 310 g/mol. The number of aryl methyl sites for hydroxylation is 2. The third-order valence-corrected chi connectivity index (χ3v) is 4.79. The summed E-state index contributed by atoms with van der Waals surface area (Å²) in [7, 11) is -1.46. The molecule has 116 valence electrons. The van der Waals surface area contributed by atoms with Crippen molar-refractivity contribution in [2.24, 2.45) is 5.41 Å². The summed E-state index contributed by atoms with van der Waals surface area (Å²) in [5.74, 6) is -1.14. The van der Waals surface area contributed by atoms with E-state index in [4.69, 9.17) is 4.74 Å². The maximum Gasteiger partial charge on any atom is 0.319 e. The van der Waals surface area contributed by atoms with Gasteiger partial charge in [-0.15, -0.1) is 0 Å². The number of ketones is 1. The molecule has 0 bridgehead atoms. The summed E-state index contributed by atoms with van der Waals surface area (Å²) < 4.78 is 17.3. The van der Waals surface area contributed by atoms with Gasteiger partial charge in [0.25, 0.3) is 0 Å². The van der Waals surface area contributed by atoms with Crippen LogP contribution < -0.4 is 0 Å². The second-order valence-electron chi connectivity index (χ2n) is 5.53. The molecule has 0 saturated heterocycles. The van der Waals surface area contributed by atoms with E-state index in [1.165, 1.54) is 13.8 Å². The van der Waals surface area contributed by atoms with Gasteiger partial charge < -0.3 is 4.74 Å². The normalized spacial score (nSPS) is 12.8. The first-order valence-corrected chi connectivity index (χ1v) is 8.18. The molecule has 1 rings (SSSR count). The summed E-state index contributed by atoms with van der Waals surface area (Å²) in [4.78, 5) is 24.7. The predicted octanol–water partition coefficient (Wildman–Crippen LogP) is 2.57. The zero-order valence-corrected chi connectivity index (χ0v) is 14.0. The van der Waals surface area contributed by atoms with E-state index in [1.54, 1.807) is 6.92 Å². The molecule has 21 heavy (non-hydrogen) atoms. The Bertz CT molecular complexity index is 576. The lowest BCUT2D eigenvalue weighted by molar-refractivity contribution is -0.157. The molecule has 0 amide bonds. The quantitative estimate of drug-likeness (QED) is 0.598. The van der Waals surface area contributed by atoms with E-state index >= 15 is 0 Å². The van der Waals surface area contributed by atoms with Crippen molar-refractivity contribution in [3.8, 4) is 0 Å². The number of hydrogen-bond acceptors (Lipinski definition) is 4. The monoisotopic (exact) mass is 310 g/mol. The van der Waals surface area contributed by atoms with Crippen molar-refractivity contribution in [1.82, 2.24) is 0 Å². The summed E-state index contributed by atoms with van der Waals surface area (Å²) >= 11 is 0. The highest BCUT2D eigenvalue weighted by Crippen LogP contribution is 2.22. The highest BCUT2D eigenvalue weighted by molar-refractivity contribution is 7.85. The number of hydrogen-bond donors (Lipinski definition) is 0. The number of carbonyl (C=O) groups excluding carboxylic acids is 2. The molecule has 1 aromatic rings. The predicted molar refractivity (Wildman–Crippen MR) is 82.6 cm³/mol. The molecule has 1 unspecified atom stereocenters. The second-order valence-corrected chi connectivity index (χ2v) is 6.95. The van der Waals surface area contributed by atoms with Gasteiger partial charge in [-0.2, -0.15) is 0 Å². The van der Waals surface area contributed by atoms with E-state index in [9.17, 15) is 13.8 Å². The SMILES string of the molecule is CCOC(=O)C(C)(C)C(=O)CS(=O)c1cc(C)ccc1C. The van der Waals surface area contributed by atoms with Gasteiger partial charge in [0.05, 0.1) is 23.2 Å². The highest BCUT2D eigenvalue weighted by atomic mass is 32.2. The van der Waals surface area contributed by atoms with Crippen molar-refractivity contribution < 1.29 is 18.5 Å². The van der Waals surface area contributed by atoms with Gasteiger partial charge in [-0.25, -0.2) is 0 Å². The molecule has 0 aliphatic carbocycles. The summed E-state index contributed by atoms with van der Waals surface area (Å²) in [5.41, 5.74) is 0.588. The van der Waals surface area contributed by atoms with Crippen LogP contribution in [-0.4, -0.2) is 28.3 Å². The van der Waals surface area contributed by atoms with Crippen LogP contribution in [0.2, 0.25) is 0 Å². The lowest BCUT2D eigenvalue weighted by Gasteiger charge is -2.20. The molecule has 4 nitrogen and oxygen atoms in total. The van der Waals surface area contributed by atoms with Gasteiger partial charge in [0, 0.05) is 4.90 Å². The fourth-order valence-corrected chi connectivity index (χ4v) is 3.25. The molecule has 0 heterocycles. The van der Waals surface area contributed by atoms with Gasteiger partial charge in [-0.3, -0.25) is 13.8 Å². The Balaban J connectivity index is 2.90. The number of Topliss-reactive ketones (excluding diaryl/α,β-unsaturated/α-hetero) is 1. The number of carbonyl (C=O) groups is 2. The van der Waals surface area contributed by atoms with E-state index in [1.807, 2.05) is 32.0 Å². The van der Waals surface area contributed by atoms with Crippen LogP contribution in [0.3, 0.4) is 0 Å². The lowest BCUT2D eigenvalue weighted by Crippen LogP contribution is -2.38. The summed E-state index contributed by atoms with van der Waals surface area (Å²) in [6, 6.07) is 5.63. The van der Waals surface area contributed by atoms with Crippen molar-refractivity contribution in [2.45, 2.75) is 39.5 Å². The zero-order valence-electron chi connectivity index (χ0n) is 13.2. The van der Waals surface area contributed by atoms with Crippen molar-refractivity contribution in [3.05, 3.63) is 29.3 Å². The molecule has 1 atom stereocenters. The number of benzene rings is 1. The van der Waals surface area contributed by atoms with Crippen molar-refractivity contribution >= 4 is 22.6 Å². The maximum absolute atomic E-state index is 12.4. The Morgan fingerprint density at radius 3 is 2.43 bits per heavy atom. The van der Waals surface area contributed by atoms with Crippen molar-refractivity contribution in [1.29, 1.82) is 0 Å². The Kier molecular flexibility index (Phi) is 5.84. The first-order chi connectivity index (χ1) is 9.70. The average Bonchev–Trinajstić information content (AvgIpc) is 2.41. The van der Waals surface area contributed by atoms with Gasteiger partial charge in [0.15, 0.2) is 5.78 Å². The summed E-state index contributed by atoms with van der Waals surface area (Å²) in [5, 5.41) is 0. The highest BCUT2D eigenvalue weighted by Gasteiger charge is 2.38. The van der Waals surface area contributed by atoms with Gasteiger partial charge >= 0.3 is 5.97 Å². The Morgan fingerprint density at radius 2 is 1.86 bits per heavy atom. The number of rotatable bonds is 6. The minimum Gasteiger partial charge on any atom is -0.465 e. The van der Waals surface area contributed by atoms with Gasteiger partial charge in [-0.05, 0) is 51.8 Å². The van der Waals surface area contributed by atoms with E-state index in [2.05, 4.69) is 0 Å². The minimum atomic E-state index is -1.46. The molecule has 1 aromatic carbocycles.